The Hall–Kier alpha value is -0.450. The fourth-order valence-corrected chi connectivity index (χ4v) is 3.92. The molecule has 2 unspecified atom stereocenters. The molecule has 0 aromatic carbocycles. The lowest BCUT2D eigenvalue weighted by molar-refractivity contribution is 0.203. The summed E-state index contributed by atoms with van der Waals surface area (Å²) in [4.78, 5) is 7.35. The molecule has 1 N–H and O–H groups in total. The molecule has 2 bridgehead atoms. The smallest absolute Gasteiger partial charge is 0.107 e. The monoisotopic (exact) mass is 251 g/mol. The number of thiazole rings is 1. The van der Waals surface area contributed by atoms with E-state index < -0.39 is 0 Å². The van der Waals surface area contributed by atoms with Gasteiger partial charge in [-0.3, -0.25) is 4.90 Å². The number of piperidine rings is 1. The molecule has 2 heterocycles. The van der Waals surface area contributed by atoms with Crippen molar-refractivity contribution in [2.75, 3.05) is 13.1 Å². The number of fused-ring (bicyclic) bond motifs is 2. The van der Waals surface area contributed by atoms with Gasteiger partial charge in [0, 0.05) is 31.1 Å². The SMILES string of the molecule is CCNCc1nc(CN2CC3CCC2C3)cs1. The highest BCUT2D eigenvalue weighted by Crippen LogP contribution is 2.38. The van der Waals surface area contributed by atoms with Gasteiger partial charge in [0.15, 0.2) is 0 Å². The summed E-state index contributed by atoms with van der Waals surface area (Å²) in [6, 6.07) is 0.860. The first-order valence-corrected chi connectivity index (χ1v) is 7.61. The summed E-state index contributed by atoms with van der Waals surface area (Å²) in [7, 11) is 0. The maximum absolute atomic E-state index is 4.71. The van der Waals surface area contributed by atoms with Crippen LogP contribution in [0.3, 0.4) is 0 Å². The van der Waals surface area contributed by atoms with Gasteiger partial charge >= 0.3 is 0 Å². The number of likely N-dealkylation sites (tertiary alicyclic amines) is 1. The van der Waals surface area contributed by atoms with E-state index in [4.69, 9.17) is 4.98 Å². The Labute approximate surface area is 107 Å². The van der Waals surface area contributed by atoms with Crippen molar-refractivity contribution in [1.29, 1.82) is 0 Å². The van der Waals surface area contributed by atoms with Gasteiger partial charge in [0.1, 0.15) is 5.01 Å². The molecule has 4 heteroatoms. The van der Waals surface area contributed by atoms with Crippen molar-refractivity contribution in [2.24, 2.45) is 5.92 Å². The zero-order valence-electron chi connectivity index (χ0n) is 10.5. The predicted molar refractivity (Wildman–Crippen MR) is 71.0 cm³/mol. The fraction of sp³-hybridized carbons (Fsp3) is 0.769. The van der Waals surface area contributed by atoms with E-state index in [9.17, 15) is 0 Å². The number of aromatic nitrogens is 1. The second-order valence-electron chi connectivity index (χ2n) is 5.28. The number of hydrogen-bond donors (Lipinski definition) is 1. The first kappa shape index (κ1) is 11.6. The van der Waals surface area contributed by atoms with Crippen LogP contribution < -0.4 is 5.32 Å². The number of rotatable bonds is 5. The van der Waals surface area contributed by atoms with Gasteiger partial charge in [0.05, 0.1) is 5.69 Å². The van der Waals surface area contributed by atoms with Crippen LogP contribution in [0.2, 0.25) is 0 Å². The van der Waals surface area contributed by atoms with Gasteiger partial charge in [-0.25, -0.2) is 4.98 Å². The van der Waals surface area contributed by atoms with E-state index in [1.807, 2.05) is 0 Å². The number of nitrogens with zero attached hydrogens (tertiary/aromatic N) is 2. The first-order valence-electron chi connectivity index (χ1n) is 6.73. The molecule has 2 aliphatic rings. The Morgan fingerprint density at radius 1 is 1.53 bits per heavy atom. The van der Waals surface area contributed by atoms with Crippen molar-refractivity contribution in [1.82, 2.24) is 15.2 Å². The minimum absolute atomic E-state index is 0.860. The molecular weight excluding hydrogens is 230 g/mol. The van der Waals surface area contributed by atoms with Gasteiger partial charge < -0.3 is 5.32 Å². The summed E-state index contributed by atoms with van der Waals surface area (Å²) < 4.78 is 0. The van der Waals surface area contributed by atoms with Crippen LogP contribution in [0.25, 0.3) is 0 Å². The third-order valence-electron chi connectivity index (χ3n) is 4.01. The molecule has 1 saturated carbocycles. The lowest BCUT2D eigenvalue weighted by Crippen LogP contribution is -2.31. The summed E-state index contributed by atoms with van der Waals surface area (Å²) in [5.74, 6) is 0.986. The van der Waals surface area contributed by atoms with E-state index in [-0.39, 0.29) is 0 Å². The zero-order valence-corrected chi connectivity index (χ0v) is 11.3. The lowest BCUT2D eigenvalue weighted by atomic mass is 10.1. The Morgan fingerprint density at radius 2 is 2.47 bits per heavy atom. The van der Waals surface area contributed by atoms with Crippen molar-refractivity contribution in [3.8, 4) is 0 Å². The average Bonchev–Trinajstić information content (AvgIpc) is 3.02. The minimum Gasteiger partial charge on any atom is -0.311 e. The summed E-state index contributed by atoms with van der Waals surface area (Å²) in [6.45, 7) is 6.46. The highest BCUT2D eigenvalue weighted by atomic mass is 32.1. The Bertz CT molecular complexity index is 376. The van der Waals surface area contributed by atoms with E-state index in [1.54, 1.807) is 11.3 Å². The second-order valence-corrected chi connectivity index (χ2v) is 6.22. The van der Waals surface area contributed by atoms with Crippen LogP contribution in [-0.4, -0.2) is 29.0 Å². The van der Waals surface area contributed by atoms with E-state index in [2.05, 4.69) is 22.5 Å². The average molecular weight is 251 g/mol. The molecule has 3 nitrogen and oxygen atoms in total. The zero-order chi connectivity index (χ0) is 11.7. The summed E-state index contributed by atoms with van der Waals surface area (Å²) in [5, 5.41) is 6.80. The Morgan fingerprint density at radius 3 is 3.18 bits per heavy atom. The standard InChI is InChI=1S/C13H21N3S/c1-2-14-6-13-15-11(9-17-13)8-16-7-10-3-4-12(16)5-10/h9-10,12,14H,2-8H2,1H3. The predicted octanol–water partition coefficient (Wildman–Crippen LogP) is 2.24. The quantitative estimate of drug-likeness (QED) is 0.870. The molecule has 1 aliphatic carbocycles. The van der Waals surface area contributed by atoms with Gasteiger partial charge in [0.25, 0.3) is 0 Å². The van der Waals surface area contributed by atoms with Crippen molar-refractivity contribution in [2.45, 2.75) is 45.3 Å². The highest BCUT2D eigenvalue weighted by Gasteiger charge is 2.37. The van der Waals surface area contributed by atoms with Crippen LogP contribution in [0.15, 0.2) is 5.38 Å². The van der Waals surface area contributed by atoms with Crippen LogP contribution in [0, 0.1) is 5.92 Å². The van der Waals surface area contributed by atoms with Crippen molar-refractivity contribution in [3.63, 3.8) is 0 Å². The van der Waals surface area contributed by atoms with Crippen LogP contribution in [-0.2, 0) is 13.1 Å². The normalized spacial score (nSPS) is 28.1. The molecule has 0 radical (unpaired) electrons. The molecule has 0 spiro atoms. The van der Waals surface area contributed by atoms with Crippen LogP contribution in [0.1, 0.15) is 36.9 Å². The molecule has 3 rings (SSSR count). The molecule has 1 aliphatic heterocycles. The molecule has 94 valence electrons. The van der Waals surface area contributed by atoms with Crippen LogP contribution in [0.5, 0.6) is 0 Å². The molecule has 0 amide bonds. The van der Waals surface area contributed by atoms with Gasteiger partial charge in [-0.05, 0) is 31.7 Å². The lowest BCUT2D eigenvalue weighted by Gasteiger charge is -2.25. The molecule has 1 saturated heterocycles. The minimum atomic E-state index is 0.860. The van der Waals surface area contributed by atoms with E-state index in [0.29, 0.717) is 0 Å². The summed E-state index contributed by atoms with van der Waals surface area (Å²) in [6.07, 6.45) is 4.32. The third kappa shape index (κ3) is 2.54. The van der Waals surface area contributed by atoms with Gasteiger partial charge in [-0.2, -0.15) is 0 Å². The molecular formula is C13H21N3S. The van der Waals surface area contributed by atoms with E-state index >= 15 is 0 Å². The van der Waals surface area contributed by atoms with E-state index in [1.165, 1.54) is 36.5 Å². The highest BCUT2D eigenvalue weighted by molar-refractivity contribution is 7.09. The topological polar surface area (TPSA) is 28.2 Å². The van der Waals surface area contributed by atoms with Gasteiger partial charge in [-0.15, -0.1) is 11.3 Å². The molecule has 1 aromatic heterocycles. The van der Waals surface area contributed by atoms with Gasteiger partial charge in [0.2, 0.25) is 0 Å². The van der Waals surface area contributed by atoms with Crippen molar-refractivity contribution in [3.05, 3.63) is 16.1 Å². The van der Waals surface area contributed by atoms with Crippen LogP contribution >= 0.6 is 11.3 Å². The fourth-order valence-electron chi connectivity index (χ4n) is 3.16. The van der Waals surface area contributed by atoms with Gasteiger partial charge in [-0.1, -0.05) is 6.92 Å². The summed E-state index contributed by atoms with van der Waals surface area (Å²) >= 11 is 1.79. The Kier molecular flexibility index (Phi) is 3.45. The number of hydrogen-bond acceptors (Lipinski definition) is 4. The first-order chi connectivity index (χ1) is 8.35. The second kappa shape index (κ2) is 5.04. The summed E-state index contributed by atoms with van der Waals surface area (Å²) in [5.41, 5.74) is 1.27. The molecule has 2 fully saturated rings. The third-order valence-corrected chi connectivity index (χ3v) is 4.91. The van der Waals surface area contributed by atoms with E-state index in [0.717, 1.165) is 31.6 Å². The molecule has 1 aromatic rings. The molecule has 17 heavy (non-hydrogen) atoms. The van der Waals surface area contributed by atoms with Crippen molar-refractivity contribution >= 4 is 11.3 Å². The maximum atomic E-state index is 4.71. The van der Waals surface area contributed by atoms with Crippen LogP contribution in [0.4, 0.5) is 0 Å². The van der Waals surface area contributed by atoms with Crippen molar-refractivity contribution < 1.29 is 0 Å². The molecule has 2 atom stereocenters. The number of nitrogens with one attached hydrogen (secondary N) is 1. The Balaban J connectivity index is 1.56. The largest absolute Gasteiger partial charge is 0.311 e. The maximum Gasteiger partial charge on any atom is 0.107 e.